The minimum atomic E-state index is -0.552. The first-order chi connectivity index (χ1) is 14.5. The van der Waals surface area contributed by atoms with Gasteiger partial charge < -0.3 is 10.1 Å². The van der Waals surface area contributed by atoms with Gasteiger partial charge >= 0.3 is 0 Å². The highest BCUT2D eigenvalue weighted by atomic mass is 32.1. The second-order valence-electron chi connectivity index (χ2n) is 6.37. The normalized spacial score (nSPS) is 10.9. The first-order valence-electron chi connectivity index (χ1n) is 9.12. The third-order valence-corrected chi connectivity index (χ3v) is 5.39. The summed E-state index contributed by atoms with van der Waals surface area (Å²) in [5.74, 6) is -0.726. The maximum Gasteiger partial charge on any atom is 0.224 e. The number of ketones is 1. The van der Waals surface area contributed by atoms with Gasteiger partial charge in [-0.1, -0.05) is 13.0 Å². The Kier molecular flexibility index (Phi) is 5.28. The molecule has 0 bridgehead atoms. The van der Waals surface area contributed by atoms with Crippen molar-refractivity contribution in [2.75, 3.05) is 12.4 Å². The number of nitrogens with one attached hydrogen (secondary N) is 1. The van der Waals surface area contributed by atoms with E-state index in [0.29, 0.717) is 27.3 Å². The van der Waals surface area contributed by atoms with Crippen LogP contribution in [0.3, 0.4) is 0 Å². The summed E-state index contributed by atoms with van der Waals surface area (Å²) in [5.41, 5.74) is 1.74. The van der Waals surface area contributed by atoms with Crippen molar-refractivity contribution < 1.29 is 18.7 Å². The van der Waals surface area contributed by atoms with Gasteiger partial charge in [-0.3, -0.25) is 9.59 Å². The first kappa shape index (κ1) is 19.7. The average molecular weight is 424 g/mol. The molecule has 0 saturated heterocycles. The molecule has 0 atom stereocenters. The number of aromatic nitrogens is 3. The van der Waals surface area contributed by atoms with Crippen LogP contribution in [0.15, 0.2) is 48.1 Å². The van der Waals surface area contributed by atoms with Gasteiger partial charge in [-0.15, -0.1) is 11.3 Å². The fourth-order valence-electron chi connectivity index (χ4n) is 3.13. The summed E-state index contributed by atoms with van der Waals surface area (Å²) in [5, 5.41) is 8.78. The van der Waals surface area contributed by atoms with Crippen LogP contribution in [0.25, 0.3) is 16.9 Å². The monoisotopic (exact) mass is 424 g/mol. The minimum absolute atomic E-state index is 0.188. The number of thiophene rings is 1. The number of ether oxygens (including phenoxy) is 1. The van der Waals surface area contributed by atoms with Crippen molar-refractivity contribution in [3.8, 4) is 17.0 Å². The van der Waals surface area contributed by atoms with Crippen molar-refractivity contribution >= 4 is 34.4 Å². The molecule has 0 saturated carbocycles. The molecule has 7 nitrogen and oxygen atoms in total. The van der Waals surface area contributed by atoms with E-state index < -0.39 is 5.82 Å². The molecule has 9 heteroatoms. The molecule has 4 aromatic rings. The number of methoxy groups -OCH3 is 1. The van der Waals surface area contributed by atoms with Crippen molar-refractivity contribution in [3.63, 3.8) is 0 Å². The maximum atomic E-state index is 14.4. The van der Waals surface area contributed by atoms with Crippen LogP contribution in [0.5, 0.6) is 5.75 Å². The van der Waals surface area contributed by atoms with Gasteiger partial charge in [-0.05, 0) is 23.6 Å². The number of hydrogen-bond acceptors (Lipinski definition) is 6. The second kappa shape index (κ2) is 8.03. The number of benzene rings is 1. The topological polar surface area (TPSA) is 85.6 Å². The molecule has 1 amide bonds. The molecule has 3 aromatic heterocycles. The summed E-state index contributed by atoms with van der Waals surface area (Å²) < 4.78 is 21.3. The molecule has 0 aliphatic heterocycles. The number of nitrogens with zero attached hydrogens (tertiary/aromatic N) is 3. The van der Waals surface area contributed by atoms with Crippen LogP contribution >= 0.6 is 11.3 Å². The van der Waals surface area contributed by atoms with Gasteiger partial charge in [0.25, 0.3) is 0 Å². The summed E-state index contributed by atoms with van der Waals surface area (Å²) in [6.07, 6.45) is 3.20. The van der Waals surface area contributed by atoms with Crippen LogP contribution in [0, 0.1) is 5.82 Å². The predicted octanol–water partition coefficient (Wildman–Crippen LogP) is 4.19. The molecule has 152 valence electrons. The van der Waals surface area contributed by atoms with Crippen LogP contribution in [-0.4, -0.2) is 33.4 Å². The third kappa shape index (κ3) is 3.43. The third-order valence-electron chi connectivity index (χ3n) is 4.52. The molecule has 0 radical (unpaired) electrons. The Morgan fingerprint density at radius 1 is 1.30 bits per heavy atom. The number of anilines is 1. The molecule has 3 heterocycles. The Bertz CT molecular complexity index is 1250. The summed E-state index contributed by atoms with van der Waals surface area (Å²) in [6.45, 7) is 1.70. The van der Waals surface area contributed by atoms with Gasteiger partial charge in [0.1, 0.15) is 5.82 Å². The number of fused-ring (bicyclic) bond motifs is 1. The lowest BCUT2D eigenvalue weighted by atomic mass is 10.1. The van der Waals surface area contributed by atoms with Gasteiger partial charge in [0.05, 0.1) is 35.1 Å². The standard InChI is InChI=1S/C21H17FN4O3S/c1-3-18(27)25-15-10-12(22)9-13(20(15)29-2)16-6-7-23-21-14(11-24-26(16)21)19(28)17-5-4-8-30-17/h4-11H,3H2,1-2H3,(H,25,27). The molecule has 0 aliphatic carbocycles. The zero-order valence-electron chi connectivity index (χ0n) is 16.2. The lowest BCUT2D eigenvalue weighted by Gasteiger charge is -2.15. The Morgan fingerprint density at radius 3 is 2.83 bits per heavy atom. The van der Waals surface area contributed by atoms with E-state index in [-0.39, 0.29) is 29.5 Å². The second-order valence-corrected chi connectivity index (χ2v) is 7.31. The Morgan fingerprint density at radius 2 is 2.13 bits per heavy atom. The van der Waals surface area contributed by atoms with E-state index in [1.807, 2.05) is 5.38 Å². The van der Waals surface area contributed by atoms with Crippen LogP contribution in [0.2, 0.25) is 0 Å². The summed E-state index contributed by atoms with van der Waals surface area (Å²) in [6, 6.07) is 7.66. The van der Waals surface area contributed by atoms with Crippen LogP contribution in [0.4, 0.5) is 10.1 Å². The molecule has 4 rings (SSSR count). The summed E-state index contributed by atoms with van der Waals surface area (Å²) >= 11 is 1.33. The smallest absolute Gasteiger partial charge is 0.224 e. The first-order valence-corrected chi connectivity index (χ1v) is 10.00. The molecular formula is C21H17FN4O3S. The lowest BCUT2D eigenvalue weighted by Crippen LogP contribution is -2.11. The number of hydrogen-bond donors (Lipinski definition) is 1. The van der Waals surface area contributed by atoms with E-state index in [0.717, 1.165) is 0 Å². The van der Waals surface area contributed by atoms with E-state index >= 15 is 0 Å². The molecule has 1 N–H and O–H groups in total. The van der Waals surface area contributed by atoms with Crippen molar-refractivity contribution in [2.45, 2.75) is 13.3 Å². The number of amides is 1. The zero-order chi connectivity index (χ0) is 21.3. The van der Waals surface area contributed by atoms with E-state index in [4.69, 9.17) is 4.74 Å². The van der Waals surface area contributed by atoms with Crippen LogP contribution in [-0.2, 0) is 4.79 Å². The minimum Gasteiger partial charge on any atom is -0.494 e. The van der Waals surface area contributed by atoms with Gasteiger partial charge in [-0.25, -0.2) is 13.9 Å². The van der Waals surface area contributed by atoms with Crippen molar-refractivity contribution in [2.24, 2.45) is 0 Å². The molecule has 0 unspecified atom stereocenters. The number of carbonyl (C=O) groups excluding carboxylic acids is 2. The number of halogens is 1. The average Bonchev–Trinajstić information content (AvgIpc) is 3.42. The van der Waals surface area contributed by atoms with Gasteiger partial charge in [0.15, 0.2) is 11.4 Å². The molecule has 0 aliphatic rings. The fourth-order valence-corrected chi connectivity index (χ4v) is 3.81. The van der Waals surface area contributed by atoms with Gasteiger partial charge in [0, 0.05) is 24.2 Å². The quantitative estimate of drug-likeness (QED) is 0.469. The summed E-state index contributed by atoms with van der Waals surface area (Å²) in [7, 11) is 1.44. The zero-order valence-corrected chi connectivity index (χ0v) is 17.0. The van der Waals surface area contributed by atoms with E-state index in [9.17, 15) is 14.0 Å². The molecule has 1 aromatic carbocycles. The molecule has 0 spiro atoms. The van der Waals surface area contributed by atoms with Gasteiger partial charge in [0.2, 0.25) is 11.7 Å². The molecule has 30 heavy (non-hydrogen) atoms. The highest BCUT2D eigenvalue weighted by Crippen LogP contribution is 2.38. The Balaban J connectivity index is 1.88. The predicted molar refractivity (Wildman–Crippen MR) is 112 cm³/mol. The Hall–Kier alpha value is -3.59. The number of carbonyl (C=O) groups is 2. The largest absolute Gasteiger partial charge is 0.494 e. The van der Waals surface area contributed by atoms with E-state index in [1.54, 1.807) is 25.1 Å². The SMILES string of the molecule is CCC(=O)Nc1cc(F)cc(-c2ccnc3c(C(=O)c4cccs4)cnn23)c1OC. The Labute approximate surface area is 175 Å². The number of rotatable bonds is 6. The van der Waals surface area contributed by atoms with Crippen LogP contribution in [0.1, 0.15) is 28.6 Å². The molecular weight excluding hydrogens is 407 g/mol. The van der Waals surface area contributed by atoms with Crippen molar-refractivity contribution in [1.82, 2.24) is 14.6 Å². The van der Waals surface area contributed by atoms with Crippen LogP contribution < -0.4 is 10.1 Å². The highest BCUT2D eigenvalue weighted by Gasteiger charge is 2.21. The maximum absolute atomic E-state index is 14.4. The van der Waals surface area contributed by atoms with Crippen molar-refractivity contribution in [1.29, 1.82) is 0 Å². The summed E-state index contributed by atoms with van der Waals surface area (Å²) in [4.78, 5) is 29.5. The highest BCUT2D eigenvalue weighted by molar-refractivity contribution is 7.12. The fraction of sp³-hybridized carbons (Fsp3) is 0.143. The van der Waals surface area contributed by atoms with Gasteiger partial charge in [-0.2, -0.15) is 5.10 Å². The molecule has 0 fully saturated rings. The van der Waals surface area contributed by atoms with Crippen molar-refractivity contribution in [3.05, 3.63) is 64.4 Å². The van der Waals surface area contributed by atoms with E-state index in [2.05, 4.69) is 15.4 Å². The van der Waals surface area contributed by atoms with E-state index in [1.165, 1.54) is 47.5 Å². The lowest BCUT2D eigenvalue weighted by molar-refractivity contribution is -0.115.